The summed E-state index contributed by atoms with van der Waals surface area (Å²) < 4.78 is 1.91. The Kier molecular flexibility index (Phi) is 4.78. The first-order chi connectivity index (χ1) is 8.65. The topological polar surface area (TPSA) is 33.1 Å². The van der Waals surface area contributed by atoms with Gasteiger partial charge in [-0.3, -0.25) is 4.68 Å². The van der Waals surface area contributed by atoms with E-state index in [2.05, 4.69) is 35.5 Å². The zero-order chi connectivity index (χ0) is 13.0. The van der Waals surface area contributed by atoms with E-state index in [0.29, 0.717) is 0 Å². The minimum absolute atomic E-state index is 0.871. The van der Waals surface area contributed by atoms with Crippen molar-refractivity contribution in [2.45, 2.75) is 32.7 Å². The van der Waals surface area contributed by atoms with E-state index in [0.717, 1.165) is 18.2 Å². The van der Waals surface area contributed by atoms with Gasteiger partial charge in [-0.1, -0.05) is 0 Å². The highest BCUT2D eigenvalue weighted by atomic mass is 15.3. The molecule has 0 aliphatic carbocycles. The van der Waals surface area contributed by atoms with Crippen molar-refractivity contribution in [3.05, 3.63) is 17.5 Å². The standard InChI is InChI=1S/C14H26N4/c1-12-14(11-18(3)16-12)10-17(2)8-6-13-5-4-7-15-9-13/h11,13,15H,4-10H2,1-3H3/t13-/m0/s1. The number of aryl methyl sites for hydroxylation is 2. The number of nitrogens with zero attached hydrogens (tertiary/aromatic N) is 3. The SMILES string of the molecule is Cc1nn(C)cc1CN(C)CC[C@@H]1CCCNC1. The summed E-state index contributed by atoms with van der Waals surface area (Å²) in [6.07, 6.45) is 6.18. The molecule has 4 nitrogen and oxygen atoms in total. The van der Waals surface area contributed by atoms with E-state index < -0.39 is 0 Å². The summed E-state index contributed by atoms with van der Waals surface area (Å²) in [5.74, 6) is 0.871. The van der Waals surface area contributed by atoms with Crippen LogP contribution in [0.25, 0.3) is 0 Å². The van der Waals surface area contributed by atoms with Gasteiger partial charge < -0.3 is 10.2 Å². The van der Waals surface area contributed by atoms with Crippen molar-refractivity contribution in [2.75, 3.05) is 26.7 Å². The normalized spacial score (nSPS) is 20.6. The Morgan fingerprint density at radius 3 is 3.00 bits per heavy atom. The number of hydrogen-bond acceptors (Lipinski definition) is 3. The van der Waals surface area contributed by atoms with Crippen LogP contribution in [0, 0.1) is 12.8 Å². The third-order valence-electron chi connectivity index (χ3n) is 3.87. The summed E-state index contributed by atoms with van der Waals surface area (Å²) in [5, 5.41) is 7.88. The zero-order valence-electron chi connectivity index (χ0n) is 11.9. The molecule has 1 aromatic heterocycles. The molecule has 0 spiro atoms. The van der Waals surface area contributed by atoms with Crippen LogP contribution in [0.15, 0.2) is 6.20 Å². The third kappa shape index (κ3) is 3.82. The molecule has 2 rings (SSSR count). The van der Waals surface area contributed by atoms with Gasteiger partial charge in [0.05, 0.1) is 5.69 Å². The number of piperidine rings is 1. The van der Waals surface area contributed by atoms with E-state index >= 15 is 0 Å². The van der Waals surface area contributed by atoms with Gasteiger partial charge in [-0.2, -0.15) is 5.10 Å². The van der Waals surface area contributed by atoms with Gasteiger partial charge in [-0.15, -0.1) is 0 Å². The molecule has 0 bridgehead atoms. The lowest BCUT2D eigenvalue weighted by Gasteiger charge is -2.25. The van der Waals surface area contributed by atoms with Crippen LogP contribution in [0.1, 0.15) is 30.5 Å². The summed E-state index contributed by atoms with van der Waals surface area (Å²) in [6, 6.07) is 0. The lowest BCUT2D eigenvalue weighted by molar-refractivity contribution is 0.268. The Morgan fingerprint density at radius 1 is 1.56 bits per heavy atom. The van der Waals surface area contributed by atoms with Crippen LogP contribution in [0.5, 0.6) is 0 Å². The Labute approximate surface area is 110 Å². The first-order valence-corrected chi connectivity index (χ1v) is 7.03. The average Bonchev–Trinajstić information content (AvgIpc) is 2.67. The maximum absolute atomic E-state index is 4.39. The molecule has 0 radical (unpaired) electrons. The number of rotatable bonds is 5. The van der Waals surface area contributed by atoms with Gasteiger partial charge in [0, 0.05) is 25.4 Å². The Hall–Kier alpha value is -0.870. The molecular weight excluding hydrogens is 224 g/mol. The average molecular weight is 250 g/mol. The first kappa shape index (κ1) is 13.6. The van der Waals surface area contributed by atoms with E-state index in [1.54, 1.807) is 0 Å². The van der Waals surface area contributed by atoms with Gasteiger partial charge in [0.1, 0.15) is 0 Å². The molecule has 1 aliphatic heterocycles. The summed E-state index contributed by atoms with van der Waals surface area (Å²) >= 11 is 0. The molecule has 1 N–H and O–H groups in total. The van der Waals surface area contributed by atoms with Crippen molar-refractivity contribution >= 4 is 0 Å². The molecular formula is C14H26N4. The molecule has 18 heavy (non-hydrogen) atoms. The van der Waals surface area contributed by atoms with Crippen molar-refractivity contribution in [3.63, 3.8) is 0 Å². The van der Waals surface area contributed by atoms with E-state index in [1.165, 1.54) is 44.5 Å². The molecule has 1 aromatic rings. The highest BCUT2D eigenvalue weighted by Crippen LogP contribution is 2.15. The van der Waals surface area contributed by atoms with Crippen LogP contribution < -0.4 is 5.32 Å². The van der Waals surface area contributed by atoms with Crippen LogP contribution in [0.4, 0.5) is 0 Å². The Morgan fingerprint density at radius 2 is 2.39 bits per heavy atom. The van der Waals surface area contributed by atoms with Crippen LogP contribution in [0.2, 0.25) is 0 Å². The van der Waals surface area contributed by atoms with E-state index in [1.807, 2.05) is 11.7 Å². The van der Waals surface area contributed by atoms with Crippen LogP contribution in [0.3, 0.4) is 0 Å². The lowest BCUT2D eigenvalue weighted by Crippen LogP contribution is -2.32. The predicted octanol–water partition coefficient (Wildman–Crippen LogP) is 1.55. The van der Waals surface area contributed by atoms with Gasteiger partial charge in [0.15, 0.2) is 0 Å². The first-order valence-electron chi connectivity index (χ1n) is 7.03. The van der Waals surface area contributed by atoms with Crippen molar-refractivity contribution < 1.29 is 0 Å². The minimum Gasteiger partial charge on any atom is -0.316 e. The van der Waals surface area contributed by atoms with Crippen molar-refractivity contribution in [1.82, 2.24) is 20.0 Å². The quantitative estimate of drug-likeness (QED) is 0.861. The molecule has 2 heterocycles. The molecule has 102 valence electrons. The van der Waals surface area contributed by atoms with Gasteiger partial charge in [0.2, 0.25) is 0 Å². The molecule has 0 saturated carbocycles. The highest BCUT2D eigenvalue weighted by molar-refractivity contribution is 5.14. The fourth-order valence-corrected chi connectivity index (χ4v) is 2.75. The molecule has 1 atom stereocenters. The van der Waals surface area contributed by atoms with Gasteiger partial charge in [-0.05, 0) is 58.8 Å². The fraction of sp³-hybridized carbons (Fsp3) is 0.786. The molecule has 1 aliphatic rings. The van der Waals surface area contributed by atoms with E-state index in [4.69, 9.17) is 0 Å². The maximum Gasteiger partial charge on any atom is 0.0638 e. The fourth-order valence-electron chi connectivity index (χ4n) is 2.75. The van der Waals surface area contributed by atoms with Crippen molar-refractivity contribution in [3.8, 4) is 0 Å². The Balaban J connectivity index is 1.74. The lowest BCUT2D eigenvalue weighted by atomic mass is 9.96. The van der Waals surface area contributed by atoms with Crippen LogP contribution >= 0.6 is 0 Å². The molecule has 4 heteroatoms. The zero-order valence-corrected chi connectivity index (χ0v) is 11.9. The largest absolute Gasteiger partial charge is 0.316 e. The summed E-state index contributed by atoms with van der Waals surface area (Å²) in [7, 11) is 4.20. The minimum atomic E-state index is 0.871. The van der Waals surface area contributed by atoms with Gasteiger partial charge >= 0.3 is 0 Å². The Bertz CT molecular complexity index is 366. The van der Waals surface area contributed by atoms with E-state index in [9.17, 15) is 0 Å². The second-order valence-electron chi connectivity index (χ2n) is 5.65. The van der Waals surface area contributed by atoms with Gasteiger partial charge in [0.25, 0.3) is 0 Å². The molecule has 0 unspecified atom stereocenters. The third-order valence-corrected chi connectivity index (χ3v) is 3.87. The maximum atomic E-state index is 4.39. The predicted molar refractivity (Wildman–Crippen MR) is 74.5 cm³/mol. The van der Waals surface area contributed by atoms with Crippen molar-refractivity contribution in [2.24, 2.45) is 13.0 Å². The van der Waals surface area contributed by atoms with Gasteiger partial charge in [-0.25, -0.2) is 0 Å². The molecule has 0 aromatic carbocycles. The van der Waals surface area contributed by atoms with Crippen LogP contribution in [-0.2, 0) is 13.6 Å². The number of aromatic nitrogens is 2. The molecule has 0 amide bonds. The number of nitrogens with one attached hydrogen (secondary N) is 1. The summed E-state index contributed by atoms with van der Waals surface area (Å²) in [4.78, 5) is 2.42. The molecule has 1 saturated heterocycles. The second kappa shape index (κ2) is 6.34. The summed E-state index contributed by atoms with van der Waals surface area (Å²) in [6.45, 7) is 6.70. The second-order valence-corrected chi connectivity index (χ2v) is 5.65. The smallest absolute Gasteiger partial charge is 0.0638 e. The van der Waals surface area contributed by atoms with E-state index in [-0.39, 0.29) is 0 Å². The van der Waals surface area contributed by atoms with Crippen molar-refractivity contribution in [1.29, 1.82) is 0 Å². The summed E-state index contributed by atoms with van der Waals surface area (Å²) in [5.41, 5.74) is 2.51. The highest BCUT2D eigenvalue weighted by Gasteiger charge is 2.14. The number of hydrogen-bond donors (Lipinski definition) is 1. The molecule has 1 fully saturated rings. The monoisotopic (exact) mass is 250 g/mol. The van der Waals surface area contributed by atoms with Crippen LogP contribution in [-0.4, -0.2) is 41.4 Å².